The molecule has 0 aliphatic rings. The number of hydrogen-bond donors (Lipinski definition) is 0. The number of carbonyl (C=O) groups excluding carboxylic acids is 1. The van der Waals surface area contributed by atoms with Gasteiger partial charge in [0.25, 0.3) is 0 Å². The number of carbonyl (C=O) groups is 1. The first-order chi connectivity index (χ1) is 24.2. The number of benzene rings is 3. The van der Waals surface area contributed by atoms with Crippen molar-refractivity contribution in [3.8, 4) is 22.6 Å². The predicted molar refractivity (Wildman–Crippen MR) is 211 cm³/mol. The molecule has 3 rings (SSSR count). The fraction of sp³-hybridized carbons (Fsp3) is 0.558. The highest BCUT2D eigenvalue weighted by molar-refractivity contribution is 6.79. The van der Waals surface area contributed by atoms with Crippen molar-refractivity contribution in [2.45, 2.75) is 155 Å². The van der Waals surface area contributed by atoms with Gasteiger partial charge in [0.1, 0.15) is 5.75 Å². The Labute approximate surface area is 303 Å². The van der Waals surface area contributed by atoms with E-state index in [0.29, 0.717) is 5.56 Å². The molecule has 3 aromatic rings. The molecule has 0 amide bonds. The smallest absolute Gasteiger partial charge is 0.343 e. The molecule has 0 saturated carbocycles. The van der Waals surface area contributed by atoms with Gasteiger partial charge in [0.15, 0.2) is 5.75 Å². The minimum Gasteiger partial charge on any atom is -0.484 e. The number of ether oxygens (including phenoxy) is 2. The van der Waals surface area contributed by atoms with Gasteiger partial charge in [-0.2, -0.15) is 0 Å². The monoisotopic (exact) mass is 701 g/mol. The molecule has 0 bridgehead atoms. The van der Waals surface area contributed by atoms with Gasteiger partial charge in [0.2, 0.25) is 0 Å². The molecule has 0 spiro atoms. The van der Waals surface area contributed by atoms with Gasteiger partial charge < -0.3 is 9.47 Å². The van der Waals surface area contributed by atoms with Crippen molar-refractivity contribution in [1.29, 1.82) is 0 Å². The zero-order chi connectivity index (χ0) is 36.2. The first-order valence-electron chi connectivity index (χ1n) is 19.6. The van der Waals surface area contributed by atoms with Gasteiger partial charge in [-0.15, -0.1) is 0 Å². The molecule has 50 heavy (non-hydrogen) atoms. The van der Waals surface area contributed by atoms with E-state index < -0.39 is 19.0 Å². The van der Waals surface area contributed by atoms with Gasteiger partial charge in [-0.1, -0.05) is 152 Å². The van der Waals surface area contributed by atoms with E-state index in [4.69, 9.17) is 9.47 Å². The minimum atomic E-state index is -0.927. The largest absolute Gasteiger partial charge is 0.484 e. The lowest BCUT2D eigenvalue weighted by Gasteiger charge is -2.28. The third kappa shape index (κ3) is 13.7. The second-order valence-electron chi connectivity index (χ2n) is 14.2. The van der Waals surface area contributed by atoms with Gasteiger partial charge >= 0.3 is 11.7 Å². The SMILES string of the molecule is CCCCCCC(C)Oc1ccc(OC(=O)c2ccc(-c3ccc(CCCCCCCCCC[Si](CC)(CC)CC)cc3)cc2)cc1[N+](=O)[O-]. The Kier molecular flexibility index (Phi) is 18.3. The van der Waals surface area contributed by atoms with E-state index in [1.54, 1.807) is 18.2 Å². The molecule has 0 aliphatic carbocycles. The lowest BCUT2D eigenvalue weighted by Crippen LogP contribution is -2.30. The van der Waals surface area contributed by atoms with E-state index >= 15 is 0 Å². The summed E-state index contributed by atoms with van der Waals surface area (Å²) in [5, 5.41) is 11.8. The van der Waals surface area contributed by atoms with Crippen LogP contribution < -0.4 is 9.47 Å². The van der Waals surface area contributed by atoms with Crippen LogP contribution >= 0.6 is 0 Å². The van der Waals surface area contributed by atoms with Gasteiger partial charge in [-0.3, -0.25) is 10.1 Å². The molecule has 7 heteroatoms. The molecule has 0 radical (unpaired) electrons. The molecule has 1 atom stereocenters. The van der Waals surface area contributed by atoms with E-state index in [9.17, 15) is 14.9 Å². The summed E-state index contributed by atoms with van der Waals surface area (Å²) in [5.74, 6) is -0.274. The summed E-state index contributed by atoms with van der Waals surface area (Å²) in [4.78, 5) is 24.1. The van der Waals surface area contributed by atoms with Crippen molar-refractivity contribution in [2.75, 3.05) is 0 Å². The highest BCUT2D eigenvalue weighted by Crippen LogP contribution is 2.33. The average molecular weight is 702 g/mol. The molecule has 0 N–H and O–H groups in total. The first-order valence-corrected chi connectivity index (χ1v) is 22.4. The molecule has 0 aliphatic heterocycles. The van der Waals surface area contributed by atoms with Crippen molar-refractivity contribution >= 4 is 19.7 Å². The number of aryl methyl sites for hydroxylation is 1. The van der Waals surface area contributed by atoms with Crippen LogP contribution in [0.25, 0.3) is 11.1 Å². The van der Waals surface area contributed by atoms with E-state index in [0.717, 1.165) is 43.2 Å². The lowest BCUT2D eigenvalue weighted by atomic mass is 10.00. The maximum absolute atomic E-state index is 12.9. The number of nitro groups is 1. The Morgan fingerprint density at radius 1 is 0.720 bits per heavy atom. The van der Waals surface area contributed by atoms with E-state index in [1.807, 2.05) is 19.1 Å². The molecule has 0 fully saturated rings. The first kappa shape index (κ1) is 41.0. The Morgan fingerprint density at radius 2 is 1.28 bits per heavy atom. The molecule has 1 unspecified atom stereocenters. The lowest BCUT2D eigenvalue weighted by molar-refractivity contribution is -0.386. The van der Waals surface area contributed by atoms with Crippen LogP contribution in [0.3, 0.4) is 0 Å². The van der Waals surface area contributed by atoms with Crippen LogP contribution in [0.4, 0.5) is 5.69 Å². The van der Waals surface area contributed by atoms with Crippen LogP contribution in [0.1, 0.15) is 134 Å². The highest BCUT2D eigenvalue weighted by Gasteiger charge is 2.25. The summed E-state index contributed by atoms with van der Waals surface area (Å²) in [5.41, 5.74) is 3.63. The van der Waals surface area contributed by atoms with Crippen LogP contribution in [0.15, 0.2) is 66.7 Å². The molecular formula is C43H63NO5Si. The van der Waals surface area contributed by atoms with Crippen LogP contribution in [-0.2, 0) is 6.42 Å². The Hall–Kier alpha value is -3.45. The summed E-state index contributed by atoms with van der Waals surface area (Å²) in [6.45, 7) is 11.3. The van der Waals surface area contributed by atoms with Crippen molar-refractivity contribution in [2.24, 2.45) is 0 Å². The zero-order valence-electron chi connectivity index (χ0n) is 31.6. The van der Waals surface area contributed by atoms with Crippen molar-refractivity contribution < 1.29 is 19.2 Å². The molecule has 3 aromatic carbocycles. The van der Waals surface area contributed by atoms with Gasteiger partial charge in [0.05, 0.1) is 30.7 Å². The maximum atomic E-state index is 12.9. The van der Waals surface area contributed by atoms with Gasteiger partial charge in [0, 0.05) is 0 Å². The van der Waals surface area contributed by atoms with Crippen LogP contribution in [0.2, 0.25) is 24.2 Å². The summed E-state index contributed by atoms with van der Waals surface area (Å²) in [7, 11) is -0.927. The zero-order valence-corrected chi connectivity index (χ0v) is 32.6. The number of nitrogens with zero attached hydrogens (tertiary/aromatic N) is 1. The predicted octanol–water partition coefficient (Wildman–Crippen LogP) is 13.4. The number of esters is 1. The molecular weight excluding hydrogens is 639 g/mol. The number of nitro benzene ring substituents is 1. The van der Waals surface area contributed by atoms with E-state index in [1.165, 1.54) is 99.7 Å². The van der Waals surface area contributed by atoms with E-state index in [2.05, 4.69) is 52.0 Å². The molecule has 0 heterocycles. The minimum absolute atomic E-state index is 0.110. The number of hydrogen-bond acceptors (Lipinski definition) is 5. The van der Waals surface area contributed by atoms with E-state index in [-0.39, 0.29) is 23.3 Å². The summed E-state index contributed by atoms with van der Waals surface area (Å²) in [6.07, 6.45) is 17.1. The van der Waals surface area contributed by atoms with Crippen molar-refractivity contribution in [3.63, 3.8) is 0 Å². The summed E-state index contributed by atoms with van der Waals surface area (Å²) >= 11 is 0. The second-order valence-corrected chi connectivity index (χ2v) is 19.8. The fourth-order valence-electron chi connectivity index (χ4n) is 6.94. The molecule has 0 saturated heterocycles. The Morgan fingerprint density at radius 3 is 1.86 bits per heavy atom. The third-order valence-corrected chi connectivity index (χ3v) is 16.6. The van der Waals surface area contributed by atoms with Gasteiger partial charge in [-0.25, -0.2) is 4.79 Å². The van der Waals surface area contributed by atoms with Gasteiger partial charge in [-0.05, 0) is 73.6 Å². The summed E-state index contributed by atoms with van der Waals surface area (Å²) < 4.78 is 11.4. The molecule has 0 aromatic heterocycles. The topological polar surface area (TPSA) is 78.7 Å². The Balaban J connectivity index is 1.40. The highest BCUT2D eigenvalue weighted by atomic mass is 28.3. The van der Waals surface area contributed by atoms with Crippen LogP contribution in [0.5, 0.6) is 11.5 Å². The normalized spacial score (nSPS) is 12.1. The molecule has 6 nitrogen and oxygen atoms in total. The second kappa shape index (κ2) is 22.4. The van der Waals surface area contributed by atoms with Crippen molar-refractivity contribution in [3.05, 3.63) is 88.0 Å². The average Bonchev–Trinajstić information content (AvgIpc) is 3.13. The number of rotatable bonds is 25. The summed E-state index contributed by atoms with van der Waals surface area (Å²) in [6, 6.07) is 26.2. The number of unbranched alkanes of at least 4 members (excludes halogenated alkanes) is 10. The van der Waals surface area contributed by atoms with Crippen LogP contribution in [-0.4, -0.2) is 25.1 Å². The third-order valence-electron chi connectivity index (χ3n) is 10.7. The molecule has 274 valence electrons. The standard InChI is InChI=1S/C43H63NO5Si/c1-6-10-11-18-21-35(5)48-42-32-31-40(34-41(42)44(46)47)49-43(45)39-29-27-38(28-30-39)37-25-23-36(24-26-37)22-19-16-14-12-13-15-17-20-33-50(7-2,8-3)9-4/h23-32,34-35H,6-22,33H2,1-5H3. The quantitative estimate of drug-likeness (QED) is 0.0219. The van der Waals surface area contributed by atoms with Crippen LogP contribution in [0, 0.1) is 10.1 Å². The fourth-order valence-corrected chi connectivity index (χ4v) is 10.5. The Bertz CT molecular complexity index is 1410. The maximum Gasteiger partial charge on any atom is 0.343 e. The van der Waals surface area contributed by atoms with Crippen molar-refractivity contribution in [1.82, 2.24) is 0 Å².